The van der Waals surface area contributed by atoms with Crippen molar-refractivity contribution in [2.75, 3.05) is 37.8 Å². The highest BCUT2D eigenvalue weighted by Crippen LogP contribution is 2.17. The number of hydrogen-bond donors (Lipinski definition) is 6. The van der Waals surface area contributed by atoms with E-state index < -0.39 is 5.91 Å². The predicted molar refractivity (Wildman–Crippen MR) is 109 cm³/mol. The van der Waals surface area contributed by atoms with Crippen LogP contribution in [0.5, 0.6) is 0 Å². The number of aliphatic hydroxyl groups excluding tert-OH is 1. The fourth-order valence-corrected chi connectivity index (χ4v) is 2.44. The summed E-state index contributed by atoms with van der Waals surface area (Å²) in [6, 6.07) is 0. The Labute approximate surface area is 169 Å². The van der Waals surface area contributed by atoms with Crippen LogP contribution in [0.2, 0.25) is 5.15 Å². The molecule has 1 rings (SSSR count). The molecule has 1 heterocycles. The Bertz CT molecular complexity index is 631. The SMILES string of the molecule is N=C(NCCCCCCCOCCCCO)NC(=O)c1nc(Cl)c(N)nc1N. The first kappa shape index (κ1) is 23.9. The number of hydrogen-bond acceptors (Lipinski definition) is 8. The van der Waals surface area contributed by atoms with Crippen LogP contribution < -0.4 is 22.1 Å². The van der Waals surface area contributed by atoms with Crippen LogP contribution in [-0.4, -0.2) is 53.3 Å². The lowest BCUT2D eigenvalue weighted by Gasteiger charge is -2.10. The van der Waals surface area contributed by atoms with Crippen LogP contribution in [0.25, 0.3) is 0 Å². The van der Waals surface area contributed by atoms with Gasteiger partial charge in [0, 0.05) is 26.4 Å². The maximum atomic E-state index is 12.1. The fourth-order valence-electron chi connectivity index (χ4n) is 2.32. The van der Waals surface area contributed by atoms with Crippen molar-refractivity contribution in [1.82, 2.24) is 20.6 Å². The minimum atomic E-state index is -0.677. The Morgan fingerprint density at radius 1 is 1.04 bits per heavy atom. The Balaban J connectivity index is 2.08. The third-order valence-corrected chi connectivity index (χ3v) is 4.10. The van der Waals surface area contributed by atoms with E-state index in [9.17, 15) is 4.79 Å². The van der Waals surface area contributed by atoms with Crippen molar-refractivity contribution >= 4 is 35.1 Å². The molecule has 0 radical (unpaired) electrons. The van der Waals surface area contributed by atoms with Crippen LogP contribution in [0, 0.1) is 5.41 Å². The van der Waals surface area contributed by atoms with Gasteiger partial charge in [-0.3, -0.25) is 15.5 Å². The first-order chi connectivity index (χ1) is 13.5. The molecule has 11 heteroatoms. The quantitative estimate of drug-likeness (QED) is 0.159. The summed E-state index contributed by atoms with van der Waals surface area (Å²) in [5.74, 6) is -1.03. The number of nitrogens with zero attached hydrogens (tertiary/aromatic N) is 2. The van der Waals surface area contributed by atoms with E-state index in [1.807, 2.05) is 0 Å². The maximum Gasteiger partial charge on any atom is 0.280 e. The molecule has 0 fully saturated rings. The molecule has 0 aliphatic carbocycles. The highest BCUT2D eigenvalue weighted by molar-refractivity contribution is 6.31. The second-order valence-corrected chi connectivity index (χ2v) is 6.56. The number of ether oxygens (including phenoxy) is 1. The van der Waals surface area contributed by atoms with Gasteiger partial charge in [0.25, 0.3) is 5.91 Å². The van der Waals surface area contributed by atoms with Crippen molar-refractivity contribution in [2.24, 2.45) is 0 Å². The third kappa shape index (κ3) is 9.67. The average Bonchev–Trinajstić information content (AvgIpc) is 2.65. The maximum absolute atomic E-state index is 12.1. The summed E-state index contributed by atoms with van der Waals surface area (Å²) in [5.41, 5.74) is 10.9. The van der Waals surface area contributed by atoms with Crippen molar-refractivity contribution in [3.63, 3.8) is 0 Å². The van der Waals surface area contributed by atoms with Gasteiger partial charge in [-0.1, -0.05) is 30.9 Å². The van der Waals surface area contributed by atoms with E-state index in [0.717, 1.165) is 51.6 Å². The number of carbonyl (C=O) groups excluding carboxylic acids is 1. The number of nitrogen functional groups attached to an aromatic ring is 2. The van der Waals surface area contributed by atoms with Crippen LogP contribution in [0.3, 0.4) is 0 Å². The molecule has 0 aliphatic heterocycles. The van der Waals surface area contributed by atoms with Crippen LogP contribution in [0.15, 0.2) is 0 Å². The number of unbranched alkanes of at least 4 members (excludes halogenated alkanes) is 5. The van der Waals surface area contributed by atoms with Gasteiger partial charge in [0.2, 0.25) is 0 Å². The van der Waals surface area contributed by atoms with Crippen LogP contribution in [0.4, 0.5) is 11.6 Å². The number of halogens is 1. The molecule has 0 spiro atoms. The second kappa shape index (κ2) is 13.9. The summed E-state index contributed by atoms with van der Waals surface area (Å²) in [4.78, 5) is 19.6. The van der Waals surface area contributed by atoms with Gasteiger partial charge in [0.1, 0.15) is 0 Å². The lowest BCUT2D eigenvalue weighted by molar-refractivity contribution is 0.0971. The first-order valence-electron chi connectivity index (χ1n) is 9.36. The van der Waals surface area contributed by atoms with Gasteiger partial charge in [0.05, 0.1) is 0 Å². The van der Waals surface area contributed by atoms with Gasteiger partial charge in [-0.15, -0.1) is 0 Å². The molecular formula is C17H30ClN7O3. The fraction of sp³-hybridized carbons (Fsp3) is 0.647. The van der Waals surface area contributed by atoms with Crippen molar-refractivity contribution in [1.29, 1.82) is 5.41 Å². The molecule has 0 atom stereocenters. The summed E-state index contributed by atoms with van der Waals surface area (Å²) >= 11 is 5.74. The molecule has 158 valence electrons. The van der Waals surface area contributed by atoms with E-state index in [0.29, 0.717) is 13.2 Å². The van der Waals surface area contributed by atoms with E-state index >= 15 is 0 Å². The Hall–Kier alpha value is -2.17. The Morgan fingerprint density at radius 3 is 2.39 bits per heavy atom. The van der Waals surface area contributed by atoms with Gasteiger partial charge >= 0.3 is 0 Å². The number of anilines is 2. The monoisotopic (exact) mass is 415 g/mol. The van der Waals surface area contributed by atoms with Crippen LogP contribution >= 0.6 is 11.6 Å². The number of guanidine groups is 1. The van der Waals surface area contributed by atoms with Crippen molar-refractivity contribution in [2.45, 2.75) is 44.9 Å². The number of nitrogens with one attached hydrogen (secondary N) is 3. The minimum Gasteiger partial charge on any atom is -0.396 e. The van der Waals surface area contributed by atoms with Crippen LogP contribution in [-0.2, 0) is 4.74 Å². The number of aliphatic hydroxyl groups is 1. The predicted octanol–water partition coefficient (Wildman–Crippen LogP) is 1.29. The normalized spacial score (nSPS) is 10.6. The molecule has 0 bridgehead atoms. The molecule has 0 saturated carbocycles. The number of nitrogens with two attached hydrogens (primary N) is 2. The van der Waals surface area contributed by atoms with Gasteiger partial charge in [-0.05, 0) is 25.7 Å². The van der Waals surface area contributed by atoms with Crippen molar-refractivity contribution in [3.05, 3.63) is 10.8 Å². The zero-order chi connectivity index (χ0) is 20.8. The molecule has 28 heavy (non-hydrogen) atoms. The summed E-state index contributed by atoms with van der Waals surface area (Å²) in [7, 11) is 0. The zero-order valence-corrected chi connectivity index (χ0v) is 16.7. The topological polar surface area (TPSA) is 172 Å². The lowest BCUT2D eigenvalue weighted by atomic mass is 10.1. The van der Waals surface area contributed by atoms with E-state index in [1.54, 1.807) is 0 Å². The van der Waals surface area contributed by atoms with Crippen LogP contribution in [0.1, 0.15) is 55.4 Å². The molecule has 0 aliphatic rings. The Morgan fingerprint density at radius 2 is 1.68 bits per heavy atom. The van der Waals surface area contributed by atoms with Crippen molar-refractivity contribution in [3.8, 4) is 0 Å². The molecule has 0 aromatic carbocycles. The summed E-state index contributed by atoms with van der Waals surface area (Å²) in [6.07, 6.45) is 6.77. The first-order valence-corrected chi connectivity index (χ1v) is 9.74. The summed E-state index contributed by atoms with van der Waals surface area (Å²) < 4.78 is 5.47. The smallest absolute Gasteiger partial charge is 0.280 e. The molecule has 1 amide bonds. The summed E-state index contributed by atoms with van der Waals surface area (Å²) in [5, 5.41) is 21.5. The van der Waals surface area contributed by atoms with Gasteiger partial charge < -0.3 is 26.6 Å². The highest BCUT2D eigenvalue weighted by Gasteiger charge is 2.16. The van der Waals surface area contributed by atoms with E-state index in [2.05, 4.69) is 20.6 Å². The third-order valence-electron chi connectivity index (χ3n) is 3.82. The van der Waals surface area contributed by atoms with Gasteiger partial charge in [0.15, 0.2) is 28.4 Å². The second-order valence-electron chi connectivity index (χ2n) is 6.20. The number of carbonyl (C=O) groups is 1. The lowest BCUT2D eigenvalue weighted by Crippen LogP contribution is -2.41. The number of amides is 1. The zero-order valence-electron chi connectivity index (χ0n) is 16.0. The minimum absolute atomic E-state index is 0.0582. The molecule has 10 nitrogen and oxygen atoms in total. The van der Waals surface area contributed by atoms with E-state index in [-0.39, 0.29) is 35.0 Å². The highest BCUT2D eigenvalue weighted by atomic mass is 35.5. The molecule has 8 N–H and O–H groups in total. The standard InChI is InChI=1S/C17H30ClN7O3/c18-13-15(20)24-14(19)12(23-13)16(27)25-17(21)22-8-4-2-1-3-6-10-28-11-7-5-9-26/h26H,1-11H2,(H4,19,20,24)(H3,21,22,25,27). The largest absolute Gasteiger partial charge is 0.396 e. The number of rotatable bonds is 13. The molecule has 0 saturated heterocycles. The molecular weight excluding hydrogens is 386 g/mol. The van der Waals surface area contributed by atoms with E-state index in [4.69, 9.17) is 38.3 Å². The molecule has 1 aromatic rings. The molecule has 0 unspecified atom stereocenters. The van der Waals surface area contributed by atoms with E-state index in [1.165, 1.54) is 0 Å². The summed E-state index contributed by atoms with van der Waals surface area (Å²) in [6.45, 7) is 2.25. The number of aromatic nitrogens is 2. The average molecular weight is 416 g/mol. The van der Waals surface area contributed by atoms with Gasteiger partial charge in [-0.25, -0.2) is 9.97 Å². The molecule has 1 aromatic heterocycles. The van der Waals surface area contributed by atoms with Gasteiger partial charge in [-0.2, -0.15) is 0 Å². The Kier molecular flexibility index (Phi) is 11.9. The van der Waals surface area contributed by atoms with Crippen molar-refractivity contribution < 1.29 is 14.6 Å².